The summed E-state index contributed by atoms with van der Waals surface area (Å²) in [6, 6.07) is 15.0. The Hall–Kier alpha value is -2.55. The number of halogens is 1. The molecule has 164 valence electrons. The average molecular weight is 461 g/mol. The molecular weight excluding hydrogens is 436 g/mol. The van der Waals surface area contributed by atoms with Crippen molar-refractivity contribution in [1.29, 1.82) is 10.8 Å². The maximum atomic E-state index is 12.9. The van der Waals surface area contributed by atoms with Crippen molar-refractivity contribution in [3.05, 3.63) is 70.2 Å². The van der Waals surface area contributed by atoms with Gasteiger partial charge in [-0.05, 0) is 22.8 Å². The van der Waals surface area contributed by atoms with Gasteiger partial charge >= 0.3 is 0 Å². The fourth-order valence-corrected chi connectivity index (χ4v) is 4.28. The number of carbonyl (C=O) groups excluding carboxylic acids is 1. The van der Waals surface area contributed by atoms with Crippen LogP contribution in [-0.4, -0.2) is 48.2 Å². The molecule has 1 fully saturated rings. The van der Waals surface area contributed by atoms with Crippen molar-refractivity contribution in [2.75, 3.05) is 25.5 Å². The third kappa shape index (κ3) is 6.99. The van der Waals surface area contributed by atoms with Crippen molar-refractivity contribution < 1.29 is 14.3 Å². The number of hydrogen-bond donors (Lipinski definition) is 3. The van der Waals surface area contributed by atoms with E-state index in [2.05, 4.69) is 12.1 Å². The van der Waals surface area contributed by atoms with Gasteiger partial charge in [0.1, 0.15) is 0 Å². The molecule has 9 heteroatoms. The zero-order valence-electron chi connectivity index (χ0n) is 17.0. The summed E-state index contributed by atoms with van der Waals surface area (Å²) in [6.45, 7) is 1.75. The van der Waals surface area contributed by atoms with Crippen molar-refractivity contribution >= 4 is 41.2 Å². The first-order valence-corrected chi connectivity index (χ1v) is 11.3. The maximum Gasteiger partial charge on any atom is 0.285 e. The summed E-state index contributed by atoms with van der Waals surface area (Å²) in [5.41, 5.74) is 8.35. The Bertz CT molecular complexity index is 935. The van der Waals surface area contributed by atoms with E-state index in [9.17, 15) is 4.79 Å². The highest BCUT2D eigenvalue weighted by molar-refractivity contribution is 7.99. The van der Waals surface area contributed by atoms with Crippen LogP contribution in [0.25, 0.3) is 0 Å². The molecule has 1 saturated heterocycles. The topological polar surface area (TPSA) is 112 Å². The number of benzene rings is 2. The molecule has 1 aliphatic rings. The predicted octanol–water partition coefficient (Wildman–Crippen LogP) is 3.60. The van der Waals surface area contributed by atoms with Crippen molar-refractivity contribution in [3.63, 3.8) is 0 Å². The highest BCUT2D eigenvalue weighted by atomic mass is 35.5. The van der Waals surface area contributed by atoms with Gasteiger partial charge in [-0.3, -0.25) is 15.6 Å². The Kier molecular flexibility index (Phi) is 8.34. The lowest BCUT2D eigenvalue weighted by Gasteiger charge is -2.27. The third-order valence-corrected chi connectivity index (χ3v) is 6.16. The normalized spacial score (nSPS) is 13.3. The van der Waals surface area contributed by atoms with Gasteiger partial charge in [0.05, 0.1) is 25.5 Å². The van der Waals surface area contributed by atoms with Crippen LogP contribution in [0, 0.1) is 10.8 Å². The summed E-state index contributed by atoms with van der Waals surface area (Å²) < 4.78 is 10.1. The lowest BCUT2D eigenvalue weighted by Crippen LogP contribution is -2.38. The van der Waals surface area contributed by atoms with Gasteiger partial charge < -0.3 is 20.1 Å². The monoisotopic (exact) mass is 460 g/mol. The molecule has 0 radical (unpaired) electrons. The second kappa shape index (κ2) is 11.2. The van der Waals surface area contributed by atoms with E-state index in [1.807, 2.05) is 36.4 Å². The molecule has 31 heavy (non-hydrogen) atoms. The highest BCUT2D eigenvalue weighted by Crippen LogP contribution is 2.25. The molecule has 0 spiro atoms. The van der Waals surface area contributed by atoms with Gasteiger partial charge in [-0.1, -0.05) is 54.1 Å². The van der Waals surface area contributed by atoms with Gasteiger partial charge in [0.25, 0.3) is 6.02 Å². The van der Waals surface area contributed by atoms with Crippen molar-refractivity contribution in [2.45, 2.75) is 18.2 Å². The van der Waals surface area contributed by atoms with Crippen molar-refractivity contribution in [1.82, 2.24) is 4.90 Å². The minimum Gasteiger partial charge on any atom is -0.410 e. The van der Waals surface area contributed by atoms with Gasteiger partial charge in [-0.25, -0.2) is 0 Å². The Morgan fingerprint density at radius 1 is 1.19 bits per heavy atom. The molecule has 3 rings (SSSR count). The van der Waals surface area contributed by atoms with Gasteiger partial charge in [0.15, 0.2) is 0 Å². The largest absolute Gasteiger partial charge is 0.410 e. The number of nitrogens with zero attached hydrogens (tertiary/aromatic N) is 1. The molecule has 0 unspecified atom stereocenters. The quantitative estimate of drug-likeness (QED) is 0.391. The molecule has 0 bridgehead atoms. The van der Waals surface area contributed by atoms with Crippen LogP contribution in [0.4, 0.5) is 0 Å². The predicted molar refractivity (Wildman–Crippen MR) is 124 cm³/mol. The van der Waals surface area contributed by atoms with Crippen LogP contribution in [0.15, 0.2) is 48.5 Å². The highest BCUT2D eigenvalue weighted by Gasteiger charge is 2.21. The van der Waals surface area contributed by atoms with Gasteiger partial charge in [0.2, 0.25) is 11.8 Å². The summed E-state index contributed by atoms with van der Waals surface area (Å²) in [6.07, 6.45) is 0. The molecule has 1 aliphatic heterocycles. The first-order chi connectivity index (χ1) is 14.9. The minimum absolute atomic E-state index is 0.0662. The number of amides is 1. The van der Waals surface area contributed by atoms with Crippen LogP contribution in [0.1, 0.15) is 22.6 Å². The summed E-state index contributed by atoms with van der Waals surface area (Å²) in [4.78, 5) is 14.4. The Morgan fingerprint density at radius 3 is 2.52 bits per heavy atom. The molecule has 2 aromatic carbocycles. The van der Waals surface area contributed by atoms with Crippen LogP contribution in [0.2, 0.25) is 5.02 Å². The summed E-state index contributed by atoms with van der Waals surface area (Å²) in [5, 5.41) is 15.8. The van der Waals surface area contributed by atoms with E-state index in [0.717, 1.165) is 24.3 Å². The molecule has 1 amide bonds. The fraction of sp³-hybridized carbons (Fsp3) is 0.318. The second-order valence-electron chi connectivity index (χ2n) is 7.20. The summed E-state index contributed by atoms with van der Waals surface area (Å²) >= 11 is 7.64. The fourth-order valence-electron chi connectivity index (χ4n) is 3.07. The van der Waals surface area contributed by atoms with Crippen LogP contribution in [-0.2, 0) is 26.6 Å². The van der Waals surface area contributed by atoms with Crippen LogP contribution >= 0.6 is 23.4 Å². The van der Waals surface area contributed by atoms with Crippen LogP contribution < -0.4 is 5.73 Å². The number of ether oxygens (including phenoxy) is 2. The molecule has 4 N–H and O–H groups in total. The number of nitrogens with two attached hydrogens (primary N) is 1. The number of thioether (sulfide) groups is 1. The Labute approximate surface area is 190 Å². The maximum absolute atomic E-state index is 12.9. The van der Waals surface area contributed by atoms with E-state index >= 15 is 0 Å². The number of rotatable bonds is 9. The SMILES string of the molecule is N=C(N)OC(=N)CN(Cc1ccc(C2COC2)cc1)C(=O)CSCc1ccccc1Cl. The smallest absolute Gasteiger partial charge is 0.285 e. The number of nitrogens with one attached hydrogen (secondary N) is 2. The first kappa shape index (κ1) is 23.1. The van der Waals surface area contributed by atoms with Gasteiger partial charge in [-0.15, -0.1) is 11.8 Å². The number of amidine groups is 1. The van der Waals surface area contributed by atoms with E-state index in [1.165, 1.54) is 22.2 Å². The van der Waals surface area contributed by atoms with E-state index in [4.69, 9.17) is 37.6 Å². The Balaban J connectivity index is 1.61. The van der Waals surface area contributed by atoms with Crippen molar-refractivity contribution in [3.8, 4) is 0 Å². The molecule has 0 saturated carbocycles. The second-order valence-corrected chi connectivity index (χ2v) is 8.59. The number of hydrogen-bond acceptors (Lipinski definition) is 6. The Morgan fingerprint density at radius 2 is 1.90 bits per heavy atom. The lowest BCUT2D eigenvalue weighted by atomic mass is 9.96. The summed E-state index contributed by atoms with van der Waals surface area (Å²) in [5.74, 6) is 0.894. The molecule has 2 aromatic rings. The standard InChI is InChI=1S/C22H25ClN4O3S/c23-19-4-2-1-3-17(19)13-31-14-21(28)27(10-20(24)30-22(25)26)9-15-5-7-16(8-6-15)18-11-29-12-18/h1-8,18,24H,9-14H2,(H3,25,26). The third-order valence-electron chi connectivity index (χ3n) is 4.82. The van der Waals surface area contributed by atoms with E-state index < -0.39 is 6.02 Å². The number of carbonyl (C=O) groups is 1. The summed E-state index contributed by atoms with van der Waals surface area (Å²) in [7, 11) is 0. The van der Waals surface area contributed by atoms with Crippen molar-refractivity contribution in [2.24, 2.45) is 5.73 Å². The van der Waals surface area contributed by atoms with E-state index in [1.54, 1.807) is 0 Å². The van der Waals surface area contributed by atoms with Crippen LogP contribution in [0.3, 0.4) is 0 Å². The van der Waals surface area contributed by atoms with Gasteiger partial charge in [0, 0.05) is 23.2 Å². The average Bonchev–Trinajstić information content (AvgIpc) is 2.68. The van der Waals surface area contributed by atoms with Crippen LogP contribution in [0.5, 0.6) is 0 Å². The molecule has 0 aromatic heterocycles. The molecule has 0 aliphatic carbocycles. The van der Waals surface area contributed by atoms with Gasteiger partial charge in [-0.2, -0.15) is 0 Å². The molecule has 7 nitrogen and oxygen atoms in total. The zero-order valence-corrected chi connectivity index (χ0v) is 18.5. The lowest BCUT2D eigenvalue weighted by molar-refractivity contribution is -0.128. The zero-order chi connectivity index (χ0) is 22.2. The minimum atomic E-state index is -0.572. The van der Waals surface area contributed by atoms with E-state index in [0.29, 0.717) is 23.2 Å². The molecular formula is C22H25ClN4O3S. The van der Waals surface area contributed by atoms with E-state index in [-0.39, 0.29) is 24.1 Å². The molecule has 0 atom stereocenters. The molecule has 1 heterocycles. The first-order valence-electron chi connectivity index (χ1n) is 9.77.